The van der Waals surface area contributed by atoms with E-state index >= 15 is 0 Å². The smallest absolute Gasteiger partial charge is 0.276 e. The lowest BCUT2D eigenvalue weighted by atomic mass is 10.1. The third-order valence-corrected chi connectivity index (χ3v) is 4.00. The van der Waals surface area contributed by atoms with Crippen LogP contribution in [-0.2, 0) is 6.54 Å². The number of ether oxygens (including phenoxy) is 2. The van der Waals surface area contributed by atoms with Gasteiger partial charge in [-0.15, -0.1) is 0 Å². The van der Waals surface area contributed by atoms with E-state index in [0.717, 1.165) is 11.1 Å². The first-order valence-corrected chi connectivity index (χ1v) is 7.87. The van der Waals surface area contributed by atoms with Gasteiger partial charge in [-0.05, 0) is 23.8 Å². The first-order valence-electron chi connectivity index (χ1n) is 7.87. The van der Waals surface area contributed by atoms with E-state index in [2.05, 4.69) is 5.16 Å². The molecule has 1 amide bonds. The molecule has 126 valence electrons. The number of benzene rings is 2. The second-order valence-corrected chi connectivity index (χ2v) is 5.79. The van der Waals surface area contributed by atoms with Crippen LogP contribution in [0.3, 0.4) is 0 Å². The van der Waals surface area contributed by atoms with Gasteiger partial charge in [-0.3, -0.25) is 4.79 Å². The molecule has 0 atom stereocenters. The predicted molar refractivity (Wildman–Crippen MR) is 90.3 cm³/mol. The zero-order valence-electron chi connectivity index (χ0n) is 13.6. The largest absolute Gasteiger partial charge is 0.454 e. The average molecular weight is 336 g/mol. The summed E-state index contributed by atoms with van der Waals surface area (Å²) in [5.41, 5.74) is 2.10. The summed E-state index contributed by atoms with van der Waals surface area (Å²) >= 11 is 0. The Bertz CT molecular complexity index is 905. The molecule has 25 heavy (non-hydrogen) atoms. The molecule has 0 spiro atoms. The summed E-state index contributed by atoms with van der Waals surface area (Å²) < 4.78 is 16.0. The van der Waals surface area contributed by atoms with E-state index in [1.165, 1.54) is 0 Å². The number of hydrogen-bond donors (Lipinski definition) is 0. The molecule has 6 nitrogen and oxygen atoms in total. The van der Waals surface area contributed by atoms with Gasteiger partial charge in [0.05, 0.1) is 0 Å². The van der Waals surface area contributed by atoms with Gasteiger partial charge in [0.25, 0.3) is 5.91 Å². The third kappa shape index (κ3) is 3.06. The highest BCUT2D eigenvalue weighted by Gasteiger charge is 2.20. The fourth-order valence-corrected chi connectivity index (χ4v) is 2.69. The van der Waals surface area contributed by atoms with Crippen molar-refractivity contribution in [2.45, 2.75) is 6.54 Å². The van der Waals surface area contributed by atoms with Crippen LogP contribution in [0.5, 0.6) is 11.5 Å². The Morgan fingerprint density at radius 1 is 1.08 bits per heavy atom. The molecule has 0 fully saturated rings. The SMILES string of the molecule is CN(Cc1ccccc1)C(=O)c1cc(-c2ccc3c(c2)OCO3)on1. The van der Waals surface area contributed by atoms with Crippen LogP contribution in [0, 0.1) is 0 Å². The van der Waals surface area contributed by atoms with E-state index in [1.807, 2.05) is 48.5 Å². The van der Waals surface area contributed by atoms with E-state index in [-0.39, 0.29) is 18.4 Å². The molecular weight excluding hydrogens is 320 g/mol. The van der Waals surface area contributed by atoms with Gasteiger partial charge >= 0.3 is 0 Å². The molecular formula is C19H16N2O4. The van der Waals surface area contributed by atoms with Crippen molar-refractivity contribution in [3.63, 3.8) is 0 Å². The van der Waals surface area contributed by atoms with Gasteiger partial charge in [-0.25, -0.2) is 0 Å². The first-order chi connectivity index (χ1) is 12.2. The van der Waals surface area contributed by atoms with Crippen LogP contribution in [0.15, 0.2) is 59.1 Å². The molecule has 2 aromatic carbocycles. The summed E-state index contributed by atoms with van der Waals surface area (Å²) in [5, 5.41) is 3.91. The average Bonchev–Trinajstić information content (AvgIpc) is 3.30. The Labute approximate surface area is 144 Å². The number of aromatic nitrogens is 1. The monoisotopic (exact) mass is 336 g/mol. The number of carbonyl (C=O) groups is 1. The van der Waals surface area contributed by atoms with Crippen molar-refractivity contribution in [1.82, 2.24) is 10.1 Å². The summed E-state index contributed by atoms with van der Waals surface area (Å²) in [6, 6.07) is 16.9. The minimum atomic E-state index is -0.195. The molecule has 0 saturated heterocycles. The number of fused-ring (bicyclic) bond motifs is 1. The summed E-state index contributed by atoms with van der Waals surface area (Å²) in [6.07, 6.45) is 0. The molecule has 0 aliphatic carbocycles. The summed E-state index contributed by atoms with van der Waals surface area (Å²) in [5.74, 6) is 1.67. The van der Waals surface area contributed by atoms with Crippen LogP contribution < -0.4 is 9.47 Å². The van der Waals surface area contributed by atoms with Gasteiger partial charge < -0.3 is 18.9 Å². The Morgan fingerprint density at radius 3 is 2.72 bits per heavy atom. The van der Waals surface area contributed by atoms with Crippen molar-refractivity contribution < 1.29 is 18.8 Å². The summed E-state index contributed by atoms with van der Waals surface area (Å²) in [7, 11) is 1.74. The highest BCUT2D eigenvalue weighted by atomic mass is 16.7. The van der Waals surface area contributed by atoms with Crippen LogP contribution >= 0.6 is 0 Å². The standard InChI is InChI=1S/C19H16N2O4/c1-21(11-13-5-3-2-4-6-13)19(22)15-10-17(25-20-15)14-7-8-16-18(9-14)24-12-23-16/h2-10H,11-12H2,1H3. The highest BCUT2D eigenvalue weighted by Crippen LogP contribution is 2.36. The van der Waals surface area contributed by atoms with Gasteiger partial charge in [0.1, 0.15) is 0 Å². The second kappa shape index (κ2) is 6.32. The molecule has 4 rings (SSSR count). The van der Waals surface area contributed by atoms with Crippen LogP contribution in [0.4, 0.5) is 0 Å². The number of carbonyl (C=O) groups excluding carboxylic acids is 1. The molecule has 1 aliphatic heterocycles. The van der Waals surface area contributed by atoms with Crippen molar-refractivity contribution in [3.8, 4) is 22.8 Å². The molecule has 3 aromatic rings. The van der Waals surface area contributed by atoms with Crippen LogP contribution in [0.1, 0.15) is 16.1 Å². The lowest BCUT2D eigenvalue weighted by molar-refractivity contribution is 0.0775. The van der Waals surface area contributed by atoms with Crippen molar-refractivity contribution in [3.05, 3.63) is 65.9 Å². The molecule has 0 N–H and O–H groups in total. The molecule has 1 aliphatic rings. The van der Waals surface area contributed by atoms with Gasteiger partial charge in [0.2, 0.25) is 6.79 Å². The zero-order chi connectivity index (χ0) is 17.2. The molecule has 0 radical (unpaired) electrons. The minimum Gasteiger partial charge on any atom is -0.454 e. The Kier molecular flexibility index (Phi) is 3.85. The zero-order valence-corrected chi connectivity index (χ0v) is 13.6. The third-order valence-electron chi connectivity index (χ3n) is 4.00. The minimum absolute atomic E-state index is 0.195. The maximum atomic E-state index is 12.5. The normalized spacial score (nSPS) is 12.2. The predicted octanol–water partition coefficient (Wildman–Crippen LogP) is 3.34. The lowest BCUT2D eigenvalue weighted by Gasteiger charge is -2.15. The summed E-state index contributed by atoms with van der Waals surface area (Å²) in [4.78, 5) is 14.1. The molecule has 0 saturated carbocycles. The van der Waals surface area contributed by atoms with E-state index in [0.29, 0.717) is 23.8 Å². The fourth-order valence-electron chi connectivity index (χ4n) is 2.69. The highest BCUT2D eigenvalue weighted by molar-refractivity contribution is 5.93. The molecule has 6 heteroatoms. The van der Waals surface area contributed by atoms with Crippen molar-refractivity contribution in [2.24, 2.45) is 0 Å². The van der Waals surface area contributed by atoms with E-state index in [1.54, 1.807) is 18.0 Å². The first kappa shape index (κ1) is 15.3. The van der Waals surface area contributed by atoms with Crippen LogP contribution in [-0.4, -0.2) is 29.8 Å². The van der Waals surface area contributed by atoms with Crippen molar-refractivity contribution >= 4 is 5.91 Å². The number of amides is 1. The van der Waals surface area contributed by atoms with Gasteiger partial charge in [-0.2, -0.15) is 0 Å². The van der Waals surface area contributed by atoms with E-state index < -0.39 is 0 Å². The Morgan fingerprint density at radius 2 is 1.88 bits per heavy atom. The molecule has 1 aromatic heterocycles. The molecule has 0 bridgehead atoms. The van der Waals surface area contributed by atoms with E-state index in [4.69, 9.17) is 14.0 Å². The molecule has 0 unspecified atom stereocenters. The van der Waals surface area contributed by atoms with Gasteiger partial charge in [0.15, 0.2) is 23.0 Å². The Hall–Kier alpha value is -3.28. The lowest BCUT2D eigenvalue weighted by Crippen LogP contribution is -2.26. The van der Waals surface area contributed by atoms with Crippen LogP contribution in [0.25, 0.3) is 11.3 Å². The van der Waals surface area contributed by atoms with Crippen molar-refractivity contribution in [1.29, 1.82) is 0 Å². The van der Waals surface area contributed by atoms with E-state index in [9.17, 15) is 4.79 Å². The quantitative estimate of drug-likeness (QED) is 0.731. The van der Waals surface area contributed by atoms with Gasteiger partial charge in [-0.1, -0.05) is 35.5 Å². The maximum absolute atomic E-state index is 12.5. The Balaban J connectivity index is 1.51. The number of nitrogens with zero attached hydrogens (tertiary/aromatic N) is 2. The number of rotatable bonds is 4. The second-order valence-electron chi connectivity index (χ2n) is 5.79. The maximum Gasteiger partial charge on any atom is 0.276 e. The summed E-state index contributed by atoms with van der Waals surface area (Å²) in [6.45, 7) is 0.717. The fraction of sp³-hybridized carbons (Fsp3) is 0.158. The van der Waals surface area contributed by atoms with Gasteiger partial charge in [0, 0.05) is 25.2 Å². The topological polar surface area (TPSA) is 64.8 Å². The number of hydrogen-bond acceptors (Lipinski definition) is 5. The van der Waals surface area contributed by atoms with Crippen molar-refractivity contribution in [2.75, 3.05) is 13.8 Å². The molecule has 2 heterocycles. The van der Waals surface area contributed by atoms with Crippen LogP contribution in [0.2, 0.25) is 0 Å².